The van der Waals surface area contributed by atoms with Crippen LogP contribution in [0.3, 0.4) is 0 Å². The SMILES string of the molecule is CCCCOc1ccc(C(=O)NCC(=O)NC2CCN(CCC)CC2)cc1. The molecule has 0 atom stereocenters. The lowest BCUT2D eigenvalue weighted by atomic mass is 10.0. The van der Waals surface area contributed by atoms with Gasteiger partial charge in [0.1, 0.15) is 5.75 Å². The average molecular weight is 376 g/mol. The van der Waals surface area contributed by atoms with Crippen LogP contribution in [-0.4, -0.2) is 55.5 Å². The first-order valence-corrected chi connectivity index (χ1v) is 10.1. The van der Waals surface area contributed by atoms with Crippen molar-refractivity contribution in [3.05, 3.63) is 29.8 Å². The number of carbonyl (C=O) groups is 2. The van der Waals surface area contributed by atoms with Crippen molar-refractivity contribution < 1.29 is 14.3 Å². The standard InChI is InChI=1S/C21H33N3O3/c1-3-5-15-27-19-8-6-17(7-9-19)21(26)22-16-20(25)23-18-10-13-24(12-4-2)14-11-18/h6-9,18H,3-5,10-16H2,1-2H3,(H,22,26)(H,23,25). The largest absolute Gasteiger partial charge is 0.494 e. The molecule has 1 aromatic rings. The Hall–Kier alpha value is -2.08. The number of rotatable bonds is 10. The number of hydrogen-bond acceptors (Lipinski definition) is 4. The molecule has 1 aliphatic heterocycles. The van der Waals surface area contributed by atoms with Crippen molar-refractivity contribution in [2.24, 2.45) is 0 Å². The Labute approximate surface area is 162 Å². The van der Waals surface area contributed by atoms with Gasteiger partial charge in [-0.25, -0.2) is 0 Å². The molecular weight excluding hydrogens is 342 g/mol. The summed E-state index contributed by atoms with van der Waals surface area (Å²) in [4.78, 5) is 26.7. The van der Waals surface area contributed by atoms with Gasteiger partial charge in [0.2, 0.25) is 5.91 Å². The number of benzene rings is 1. The Morgan fingerprint density at radius 3 is 2.44 bits per heavy atom. The van der Waals surface area contributed by atoms with Gasteiger partial charge in [0.25, 0.3) is 5.91 Å². The minimum absolute atomic E-state index is 0.00274. The van der Waals surface area contributed by atoms with Gasteiger partial charge in [-0.1, -0.05) is 20.3 Å². The smallest absolute Gasteiger partial charge is 0.251 e. The topological polar surface area (TPSA) is 70.7 Å². The van der Waals surface area contributed by atoms with Gasteiger partial charge < -0.3 is 20.3 Å². The number of piperidine rings is 1. The highest BCUT2D eigenvalue weighted by Gasteiger charge is 2.20. The van der Waals surface area contributed by atoms with Gasteiger partial charge in [0.05, 0.1) is 13.2 Å². The molecule has 1 fully saturated rings. The fourth-order valence-corrected chi connectivity index (χ4v) is 3.20. The molecule has 1 aromatic carbocycles. The molecule has 6 nitrogen and oxygen atoms in total. The Balaban J connectivity index is 1.68. The van der Waals surface area contributed by atoms with Crippen molar-refractivity contribution in [3.8, 4) is 5.75 Å². The van der Waals surface area contributed by atoms with Gasteiger partial charge in [-0.15, -0.1) is 0 Å². The van der Waals surface area contributed by atoms with Crippen molar-refractivity contribution >= 4 is 11.8 Å². The van der Waals surface area contributed by atoms with Crippen molar-refractivity contribution in [2.45, 2.75) is 52.0 Å². The molecule has 1 heterocycles. The summed E-state index contributed by atoms with van der Waals surface area (Å²) in [5, 5.41) is 5.71. The molecule has 0 bridgehead atoms. The van der Waals surface area contributed by atoms with Crippen LogP contribution in [0.1, 0.15) is 56.3 Å². The maximum atomic E-state index is 12.2. The predicted octanol–water partition coefficient (Wildman–Crippen LogP) is 2.59. The number of amides is 2. The molecule has 2 rings (SSSR count). The molecule has 1 saturated heterocycles. The molecule has 0 spiro atoms. The number of ether oxygens (including phenoxy) is 1. The lowest BCUT2D eigenvalue weighted by Crippen LogP contribution is -2.47. The Bertz CT molecular complexity index is 581. The highest BCUT2D eigenvalue weighted by molar-refractivity contribution is 5.96. The number of nitrogens with zero attached hydrogens (tertiary/aromatic N) is 1. The quantitative estimate of drug-likeness (QED) is 0.617. The van der Waals surface area contributed by atoms with E-state index in [-0.39, 0.29) is 24.4 Å². The fourth-order valence-electron chi connectivity index (χ4n) is 3.20. The fraction of sp³-hybridized carbons (Fsp3) is 0.619. The number of unbranched alkanes of at least 4 members (excludes halogenated alkanes) is 1. The molecular formula is C21H33N3O3. The van der Waals surface area contributed by atoms with E-state index in [1.165, 1.54) is 0 Å². The lowest BCUT2D eigenvalue weighted by molar-refractivity contribution is -0.121. The molecule has 6 heteroatoms. The van der Waals surface area contributed by atoms with Crippen LogP contribution in [0.4, 0.5) is 0 Å². The van der Waals surface area contributed by atoms with E-state index in [9.17, 15) is 9.59 Å². The molecule has 0 unspecified atom stereocenters. The molecule has 0 aromatic heterocycles. The van der Waals surface area contributed by atoms with Crippen LogP contribution in [0.15, 0.2) is 24.3 Å². The van der Waals surface area contributed by atoms with Gasteiger partial charge >= 0.3 is 0 Å². The molecule has 2 N–H and O–H groups in total. The Morgan fingerprint density at radius 1 is 1.11 bits per heavy atom. The second-order valence-corrected chi connectivity index (χ2v) is 7.09. The van der Waals surface area contributed by atoms with Crippen molar-refractivity contribution in [1.82, 2.24) is 15.5 Å². The number of likely N-dealkylation sites (tertiary alicyclic amines) is 1. The van der Waals surface area contributed by atoms with Crippen molar-refractivity contribution in [2.75, 3.05) is 32.8 Å². The minimum atomic E-state index is -0.247. The summed E-state index contributed by atoms with van der Waals surface area (Å²) < 4.78 is 5.59. The summed E-state index contributed by atoms with van der Waals surface area (Å²) in [6.07, 6.45) is 5.20. The second-order valence-electron chi connectivity index (χ2n) is 7.09. The first kappa shape index (κ1) is 21.2. The van der Waals surface area contributed by atoms with Crippen LogP contribution in [0.5, 0.6) is 5.75 Å². The number of nitrogens with one attached hydrogen (secondary N) is 2. The zero-order valence-corrected chi connectivity index (χ0v) is 16.6. The summed E-state index contributed by atoms with van der Waals surface area (Å²) in [7, 11) is 0. The third kappa shape index (κ3) is 7.59. The molecule has 150 valence electrons. The van der Waals surface area contributed by atoms with Crippen LogP contribution in [0.25, 0.3) is 0 Å². The van der Waals surface area contributed by atoms with Gasteiger partial charge in [-0.2, -0.15) is 0 Å². The number of carbonyl (C=O) groups excluding carboxylic acids is 2. The van der Waals surface area contributed by atoms with Crippen LogP contribution in [0.2, 0.25) is 0 Å². The normalized spacial score (nSPS) is 15.3. The van der Waals surface area contributed by atoms with E-state index in [1.54, 1.807) is 24.3 Å². The predicted molar refractivity (Wildman–Crippen MR) is 107 cm³/mol. The van der Waals surface area contributed by atoms with E-state index in [0.29, 0.717) is 12.2 Å². The van der Waals surface area contributed by atoms with Crippen molar-refractivity contribution in [1.29, 1.82) is 0 Å². The van der Waals surface area contributed by atoms with Crippen LogP contribution in [0, 0.1) is 0 Å². The molecule has 0 aliphatic carbocycles. The number of hydrogen-bond donors (Lipinski definition) is 2. The van der Waals surface area contributed by atoms with Crippen LogP contribution in [-0.2, 0) is 4.79 Å². The molecule has 2 amide bonds. The maximum absolute atomic E-state index is 12.2. The highest BCUT2D eigenvalue weighted by atomic mass is 16.5. The van der Waals surface area contributed by atoms with Gasteiger partial charge in [-0.05, 0) is 56.5 Å². The summed E-state index contributed by atoms with van der Waals surface area (Å²) in [5.74, 6) is 0.381. The molecule has 1 aliphatic rings. The van der Waals surface area contributed by atoms with E-state index in [1.807, 2.05) is 0 Å². The van der Waals surface area contributed by atoms with Crippen LogP contribution < -0.4 is 15.4 Å². The van der Waals surface area contributed by atoms with E-state index in [2.05, 4.69) is 29.4 Å². The lowest BCUT2D eigenvalue weighted by Gasteiger charge is -2.32. The Kier molecular flexibility index (Phi) is 9.11. The first-order valence-electron chi connectivity index (χ1n) is 10.1. The molecule has 0 radical (unpaired) electrons. The van der Waals surface area contributed by atoms with E-state index in [0.717, 1.165) is 57.5 Å². The van der Waals surface area contributed by atoms with Crippen molar-refractivity contribution in [3.63, 3.8) is 0 Å². The van der Waals surface area contributed by atoms with E-state index >= 15 is 0 Å². The summed E-state index contributed by atoms with van der Waals surface area (Å²) in [6.45, 7) is 8.16. The molecule has 27 heavy (non-hydrogen) atoms. The highest BCUT2D eigenvalue weighted by Crippen LogP contribution is 2.13. The zero-order chi connectivity index (χ0) is 19.5. The Morgan fingerprint density at radius 2 is 1.81 bits per heavy atom. The van der Waals surface area contributed by atoms with E-state index in [4.69, 9.17) is 4.74 Å². The van der Waals surface area contributed by atoms with Crippen LogP contribution >= 0.6 is 0 Å². The summed E-state index contributed by atoms with van der Waals surface area (Å²) in [5.41, 5.74) is 0.526. The van der Waals surface area contributed by atoms with E-state index < -0.39 is 0 Å². The summed E-state index contributed by atoms with van der Waals surface area (Å²) in [6, 6.07) is 7.22. The second kappa shape index (κ2) is 11.6. The summed E-state index contributed by atoms with van der Waals surface area (Å²) >= 11 is 0. The molecule has 0 saturated carbocycles. The van der Waals surface area contributed by atoms with Gasteiger partial charge in [0, 0.05) is 24.7 Å². The monoisotopic (exact) mass is 375 g/mol. The third-order valence-electron chi connectivity index (χ3n) is 4.79. The zero-order valence-electron chi connectivity index (χ0n) is 16.6. The maximum Gasteiger partial charge on any atom is 0.251 e. The van der Waals surface area contributed by atoms with Gasteiger partial charge in [-0.3, -0.25) is 9.59 Å². The minimum Gasteiger partial charge on any atom is -0.494 e. The third-order valence-corrected chi connectivity index (χ3v) is 4.79. The first-order chi connectivity index (χ1) is 13.1. The average Bonchev–Trinajstić information content (AvgIpc) is 2.68. The van der Waals surface area contributed by atoms with Gasteiger partial charge in [0.15, 0.2) is 0 Å².